The number of nitrogens with one attached hydrogen (secondary N) is 3. The number of imidazole rings is 2. The molecular weight excluding hydrogens is 591 g/mol. The SMILES string of the molecule is C=C(NC(C)C)c1ccc2nc(-c3ccc(Oc4c(F)cc(-c5nc6ccc(C(N)=NC(C)C)cc6[nH]5)cc4F)c(F)c3)[nH]c2c1. The summed E-state index contributed by atoms with van der Waals surface area (Å²) in [5, 5.41) is 3.27. The van der Waals surface area contributed by atoms with Crippen molar-refractivity contribution in [1.29, 1.82) is 0 Å². The number of aromatic nitrogens is 4. The molecule has 11 heteroatoms. The highest BCUT2D eigenvalue weighted by Gasteiger charge is 2.19. The number of ether oxygens (including phenoxy) is 1. The maximum Gasteiger partial charge on any atom is 0.198 e. The van der Waals surface area contributed by atoms with Crippen LogP contribution < -0.4 is 15.8 Å². The molecule has 0 spiro atoms. The zero-order valence-electron chi connectivity index (χ0n) is 25.7. The Kier molecular flexibility index (Phi) is 7.99. The van der Waals surface area contributed by atoms with Gasteiger partial charge in [-0.3, -0.25) is 4.99 Å². The largest absolute Gasteiger partial charge is 0.448 e. The second-order valence-corrected chi connectivity index (χ2v) is 11.5. The fourth-order valence-corrected chi connectivity index (χ4v) is 5.06. The van der Waals surface area contributed by atoms with Gasteiger partial charge in [-0.25, -0.2) is 23.1 Å². The summed E-state index contributed by atoms with van der Waals surface area (Å²) in [6.45, 7) is 12.0. The van der Waals surface area contributed by atoms with Crippen LogP contribution in [0.25, 0.3) is 50.5 Å². The van der Waals surface area contributed by atoms with Crippen LogP contribution in [0.4, 0.5) is 13.2 Å². The molecule has 0 atom stereocenters. The Morgan fingerprint density at radius 3 is 1.93 bits per heavy atom. The summed E-state index contributed by atoms with van der Waals surface area (Å²) >= 11 is 0. The maximum absolute atomic E-state index is 15.2. The molecule has 46 heavy (non-hydrogen) atoms. The summed E-state index contributed by atoms with van der Waals surface area (Å²) in [4.78, 5) is 19.6. The number of aliphatic imine (C=N–C) groups is 1. The molecule has 4 aromatic carbocycles. The van der Waals surface area contributed by atoms with Gasteiger partial charge in [0.05, 0.1) is 22.1 Å². The molecule has 0 radical (unpaired) electrons. The highest BCUT2D eigenvalue weighted by molar-refractivity contribution is 6.00. The molecule has 0 unspecified atom stereocenters. The number of amidine groups is 1. The molecule has 0 aliphatic heterocycles. The minimum atomic E-state index is -1.02. The molecule has 0 bridgehead atoms. The van der Waals surface area contributed by atoms with E-state index in [1.165, 1.54) is 12.1 Å². The van der Waals surface area contributed by atoms with Crippen LogP contribution in [-0.4, -0.2) is 37.9 Å². The lowest BCUT2D eigenvalue weighted by molar-refractivity contribution is 0.388. The third-order valence-corrected chi connectivity index (χ3v) is 7.16. The summed E-state index contributed by atoms with van der Waals surface area (Å²) in [6.07, 6.45) is 0. The molecule has 5 N–H and O–H groups in total. The summed E-state index contributed by atoms with van der Waals surface area (Å²) in [5.41, 5.74) is 11.7. The van der Waals surface area contributed by atoms with E-state index in [1.807, 2.05) is 45.9 Å². The predicted molar refractivity (Wildman–Crippen MR) is 176 cm³/mol. The van der Waals surface area contributed by atoms with E-state index >= 15 is 13.2 Å². The zero-order valence-corrected chi connectivity index (χ0v) is 25.7. The number of aromatic amines is 2. The molecule has 0 fully saturated rings. The summed E-state index contributed by atoms with van der Waals surface area (Å²) in [7, 11) is 0. The van der Waals surface area contributed by atoms with Crippen molar-refractivity contribution in [2.24, 2.45) is 10.7 Å². The first-order chi connectivity index (χ1) is 21.9. The van der Waals surface area contributed by atoms with E-state index in [1.54, 1.807) is 24.3 Å². The zero-order chi connectivity index (χ0) is 32.7. The molecule has 0 saturated carbocycles. The van der Waals surface area contributed by atoms with Crippen molar-refractivity contribution in [3.63, 3.8) is 0 Å². The normalized spacial score (nSPS) is 12.1. The Bertz CT molecular complexity index is 2120. The van der Waals surface area contributed by atoms with Gasteiger partial charge in [-0.15, -0.1) is 0 Å². The standard InChI is InChI=1S/C35H32F3N7O/c1-17(2)40-19(5)20-6-9-27-29(15-20)44-34(42-27)22-8-11-31(24(36)12-22)46-32-25(37)13-23(14-26(32)38)35-43-28-10-7-21(16-30(28)45-35)33(39)41-18(3)4/h6-18,40H,5H2,1-4H3,(H2,39,41)(H,42,44)(H,43,45). The topological polar surface area (TPSA) is 117 Å². The van der Waals surface area contributed by atoms with Crippen LogP contribution in [0, 0.1) is 17.5 Å². The Morgan fingerprint density at radius 1 is 0.783 bits per heavy atom. The van der Waals surface area contributed by atoms with Crippen LogP contribution >= 0.6 is 0 Å². The first-order valence-electron chi connectivity index (χ1n) is 14.7. The number of rotatable bonds is 9. The van der Waals surface area contributed by atoms with E-state index in [9.17, 15) is 0 Å². The number of halogens is 3. The molecule has 234 valence electrons. The summed E-state index contributed by atoms with van der Waals surface area (Å²) < 4.78 is 51.0. The van der Waals surface area contributed by atoms with Gasteiger partial charge in [-0.2, -0.15) is 0 Å². The summed E-state index contributed by atoms with van der Waals surface area (Å²) in [5.74, 6) is -2.90. The Labute approximate surface area is 263 Å². The van der Waals surface area contributed by atoms with Gasteiger partial charge in [0.1, 0.15) is 17.5 Å². The van der Waals surface area contributed by atoms with E-state index in [0.717, 1.165) is 28.9 Å². The van der Waals surface area contributed by atoms with Gasteiger partial charge in [0.2, 0.25) is 0 Å². The molecule has 8 nitrogen and oxygen atoms in total. The van der Waals surface area contributed by atoms with Gasteiger partial charge in [-0.05, 0) is 93.9 Å². The van der Waals surface area contributed by atoms with Crippen molar-refractivity contribution < 1.29 is 17.9 Å². The number of fused-ring (bicyclic) bond motifs is 2. The molecule has 0 saturated heterocycles. The van der Waals surface area contributed by atoms with E-state index in [4.69, 9.17) is 10.5 Å². The predicted octanol–water partition coefficient (Wildman–Crippen LogP) is 8.07. The smallest absolute Gasteiger partial charge is 0.198 e. The molecule has 2 aromatic heterocycles. The van der Waals surface area contributed by atoms with Crippen LogP contribution in [-0.2, 0) is 0 Å². The molecule has 0 aliphatic carbocycles. The van der Waals surface area contributed by atoms with Gasteiger partial charge in [0.25, 0.3) is 0 Å². The Hall–Kier alpha value is -5.58. The quantitative estimate of drug-likeness (QED) is 0.0960. The fourth-order valence-electron chi connectivity index (χ4n) is 5.06. The van der Waals surface area contributed by atoms with Gasteiger partial charge < -0.3 is 25.8 Å². The number of benzene rings is 4. The molecule has 2 heterocycles. The van der Waals surface area contributed by atoms with Crippen molar-refractivity contribution in [2.45, 2.75) is 39.8 Å². The lowest BCUT2D eigenvalue weighted by Gasteiger charge is -2.12. The van der Waals surface area contributed by atoms with E-state index < -0.39 is 23.2 Å². The Morgan fingerprint density at radius 2 is 1.35 bits per heavy atom. The molecule has 6 aromatic rings. The van der Waals surface area contributed by atoms with Gasteiger partial charge >= 0.3 is 0 Å². The monoisotopic (exact) mass is 623 g/mol. The lowest BCUT2D eigenvalue weighted by Crippen LogP contribution is -2.20. The highest BCUT2D eigenvalue weighted by atomic mass is 19.1. The Balaban J connectivity index is 1.23. The third kappa shape index (κ3) is 6.16. The van der Waals surface area contributed by atoms with Gasteiger partial charge in [0, 0.05) is 34.5 Å². The van der Waals surface area contributed by atoms with Crippen molar-refractivity contribution in [2.75, 3.05) is 0 Å². The lowest BCUT2D eigenvalue weighted by atomic mass is 10.1. The second-order valence-electron chi connectivity index (χ2n) is 11.5. The van der Waals surface area contributed by atoms with Crippen molar-refractivity contribution in [1.82, 2.24) is 25.3 Å². The number of hydrogen-bond donors (Lipinski definition) is 4. The van der Waals surface area contributed by atoms with Gasteiger partial charge in [0.15, 0.2) is 29.0 Å². The van der Waals surface area contributed by atoms with Crippen LogP contribution in [0.5, 0.6) is 11.5 Å². The summed E-state index contributed by atoms with van der Waals surface area (Å²) in [6, 6.07) is 17.4. The molecule has 6 rings (SSSR count). The maximum atomic E-state index is 15.2. The molecule has 0 aliphatic rings. The minimum absolute atomic E-state index is 0.0234. The average molecular weight is 624 g/mol. The minimum Gasteiger partial charge on any atom is -0.448 e. The first-order valence-corrected chi connectivity index (χ1v) is 14.7. The van der Waals surface area contributed by atoms with Crippen LogP contribution in [0.1, 0.15) is 38.8 Å². The second kappa shape index (κ2) is 12.1. The van der Waals surface area contributed by atoms with Crippen LogP contribution in [0.2, 0.25) is 0 Å². The molecule has 0 amide bonds. The number of H-pyrrole nitrogens is 2. The van der Waals surface area contributed by atoms with Crippen LogP contribution in [0.15, 0.2) is 78.3 Å². The molecular formula is C35H32F3N7O. The van der Waals surface area contributed by atoms with Crippen molar-refractivity contribution in [3.8, 4) is 34.3 Å². The van der Waals surface area contributed by atoms with E-state index in [2.05, 4.69) is 36.8 Å². The average Bonchev–Trinajstić information content (AvgIpc) is 3.62. The first kappa shape index (κ1) is 30.4. The number of hydrogen-bond acceptors (Lipinski definition) is 5. The highest BCUT2D eigenvalue weighted by Crippen LogP contribution is 2.34. The van der Waals surface area contributed by atoms with Crippen molar-refractivity contribution in [3.05, 3.63) is 102 Å². The number of nitrogens with two attached hydrogens (primary N) is 1. The van der Waals surface area contributed by atoms with Crippen molar-refractivity contribution >= 4 is 33.6 Å². The van der Waals surface area contributed by atoms with E-state index in [0.29, 0.717) is 39.3 Å². The fraction of sp³-hybridized carbons (Fsp3) is 0.171. The van der Waals surface area contributed by atoms with Gasteiger partial charge in [-0.1, -0.05) is 12.6 Å². The number of nitrogens with zero attached hydrogens (tertiary/aromatic N) is 3. The van der Waals surface area contributed by atoms with E-state index in [-0.39, 0.29) is 29.2 Å². The third-order valence-electron chi connectivity index (χ3n) is 7.16. The van der Waals surface area contributed by atoms with Crippen LogP contribution in [0.3, 0.4) is 0 Å².